The molecule has 0 saturated heterocycles. The predicted molar refractivity (Wildman–Crippen MR) is 45.6 cm³/mol. The Morgan fingerprint density at radius 1 is 1.55 bits per heavy atom. The van der Waals surface area contributed by atoms with Gasteiger partial charge in [-0.1, -0.05) is 13.2 Å². The summed E-state index contributed by atoms with van der Waals surface area (Å²) in [7, 11) is 5.19. The first kappa shape index (κ1) is 10.5. The minimum absolute atomic E-state index is 0.209. The van der Waals surface area contributed by atoms with Gasteiger partial charge >= 0.3 is 5.97 Å². The molecule has 3 heteroatoms. The van der Waals surface area contributed by atoms with E-state index in [0.29, 0.717) is 12.7 Å². The minimum atomic E-state index is -0.341. The summed E-state index contributed by atoms with van der Waals surface area (Å²) in [5.74, 6) is -0.209. The van der Waals surface area contributed by atoms with Crippen LogP contribution in [0.3, 0.4) is 0 Å². The van der Waals surface area contributed by atoms with Gasteiger partial charge in [0, 0.05) is 6.42 Å². The standard InChI is InChI=1S/C8H15BO2/c1-4-8(2,3)11-7(10)5-6-9/h4-6H2,1-3H3. The third-order valence-corrected chi connectivity index (χ3v) is 1.59. The number of ether oxygens (including phenoxy) is 1. The second-order valence-corrected chi connectivity index (χ2v) is 3.13. The molecule has 0 heterocycles. The van der Waals surface area contributed by atoms with Crippen molar-refractivity contribution in [2.45, 2.75) is 45.5 Å². The van der Waals surface area contributed by atoms with E-state index in [9.17, 15) is 4.79 Å². The first-order chi connectivity index (χ1) is 5.02. The molecule has 0 unspecified atom stereocenters. The van der Waals surface area contributed by atoms with Crippen LogP contribution >= 0.6 is 0 Å². The summed E-state index contributed by atoms with van der Waals surface area (Å²) in [5.41, 5.74) is -0.341. The lowest BCUT2D eigenvalue weighted by atomic mass is 10.0. The van der Waals surface area contributed by atoms with Gasteiger partial charge in [-0.15, -0.1) is 0 Å². The van der Waals surface area contributed by atoms with Crippen LogP contribution < -0.4 is 0 Å². The second-order valence-electron chi connectivity index (χ2n) is 3.13. The summed E-state index contributed by atoms with van der Waals surface area (Å²) >= 11 is 0. The highest BCUT2D eigenvalue weighted by molar-refractivity contribution is 6.09. The Hall–Kier alpha value is -0.465. The van der Waals surface area contributed by atoms with Crippen molar-refractivity contribution in [2.24, 2.45) is 0 Å². The maximum atomic E-state index is 10.9. The van der Waals surface area contributed by atoms with E-state index in [1.807, 2.05) is 20.8 Å². The Labute approximate surface area is 69.7 Å². The first-order valence-corrected chi connectivity index (χ1v) is 3.93. The molecule has 0 spiro atoms. The summed E-state index contributed by atoms with van der Waals surface area (Å²) < 4.78 is 5.11. The molecule has 2 radical (unpaired) electrons. The fraction of sp³-hybridized carbons (Fsp3) is 0.875. The first-order valence-electron chi connectivity index (χ1n) is 3.93. The number of carbonyl (C=O) groups is 1. The largest absolute Gasteiger partial charge is 0.460 e. The van der Waals surface area contributed by atoms with Crippen molar-refractivity contribution in [3.63, 3.8) is 0 Å². The van der Waals surface area contributed by atoms with E-state index in [-0.39, 0.29) is 11.6 Å². The van der Waals surface area contributed by atoms with Crippen molar-refractivity contribution in [1.82, 2.24) is 0 Å². The van der Waals surface area contributed by atoms with Gasteiger partial charge in [0.15, 0.2) is 0 Å². The lowest BCUT2D eigenvalue weighted by Crippen LogP contribution is -2.26. The highest BCUT2D eigenvalue weighted by Gasteiger charge is 2.19. The SMILES string of the molecule is [B]CCC(=O)OC(C)(C)CC. The molecule has 2 nitrogen and oxygen atoms in total. The molecular weight excluding hydrogens is 139 g/mol. The topological polar surface area (TPSA) is 26.3 Å². The third-order valence-electron chi connectivity index (χ3n) is 1.59. The fourth-order valence-electron chi connectivity index (χ4n) is 0.549. The number of carbonyl (C=O) groups excluding carboxylic acids is 1. The highest BCUT2D eigenvalue weighted by atomic mass is 16.6. The zero-order chi connectivity index (χ0) is 8.91. The van der Waals surface area contributed by atoms with Gasteiger partial charge in [-0.25, -0.2) is 0 Å². The Bertz CT molecular complexity index is 132. The van der Waals surface area contributed by atoms with E-state index in [1.165, 1.54) is 0 Å². The van der Waals surface area contributed by atoms with E-state index in [0.717, 1.165) is 6.42 Å². The van der Waals surface area contributed by atoms with Crippen molar-refractivity contribution in [3.05, 3.63) is 0 Å². The predicted octanol–water partition coefficient (Wildman–Crippen LogP) is 1.70. The Kier molecular flexibility index (Phi) is 4.23. The average Bonchev–Trinajstić information content (AvgIpc) is 1.87. The van der Waals surface area contributed by atoms with Gasteiger partial charge < -0.3 is 4.74 Å². The van der Waals surface area contributed by atoms with Gasteiger partial charge in [0.25, 0.3) is 0 Å². The van der Waals surface area contributed by atoms with Gasteiger partial charge in [-0.05, 0) is 20.3 Å². The number of hydrogen-bond donors (Lipinski definition) is 0. The molecule has 11 heavy (non-hydrogen) atoms. The van der Waals surface area contributed by atoms with Crippen molar-refractivity contribution in [2.75, 3.05) is 0 Å². The molecule has 0 saturated carbocycles. The van der Waals surface area contributed by atoms with Gasteiger partial charge in [0.2, 0.25) is 0 Å². The Morgan fingerprint density at radius 2 is 2.09 bits per heavy atom. The number of rotatable bonds is 4. The maximum absolute atomic E-state index is 10.9. The van der Waals surface area contributed by atoms with E-state index < -0.39 is 0 Å². The Balaban J connectivity index is 3.74. The molecule has 0 bridgehead atoms. The Morgan fingerprint density at radius 3 is 2.45 bits per heavy atom. The van der Waals surface area contributed by atoms with E-state index >= 15 is 0 Å². The molecule has 0 rings (SSSR count). The van der Waals surface area contributed by atoms with E-state index in [4.69, 9.17) is 12.6 Å². The van der Waals surface area contributed by atoms with Gasteiger partial charge in [-0.3, -0.25) is 4.79 Å². The summed E-state index contributed by atoms with van der Waals surface area (Å²) in [6.07, 6.45) is 1.49. The smallest absolute Gasteiger partial charge is 0.305 e. The highest BCUT2D eigenvalue weighted by Crippen LogP contribution is 2.14. The zero-order valence-corrected chi connectivity index (χ0v) is 7.52. The molecule has 0 aromatic carbocycles. The molecule has 0 atom stereocenters. The van der Waals surface area contributed by atoms with Crippen LogP contribution in [0.2, 0.25) is 6.32 Å². The van der Waals surface area contributed by atoms with Crippen LogP contribution in [-0.2, 0) is 9.53 Å². The van der Waals surface area contributed by atoms with Gasteiger partial charge in [0.1, 0.15) is 5.60 Å². The average molecular weight is 154 g/mol. The molecule has 0 N–H and O–H groups in total. The van der Waals surface area contributed by atoms with E-state index in [1.54, 1.807) is 0 Å². The molecule has 0 aromatic rings. The van der Waals surface area contributed by atoms with Crippen molar-refractivity contribution in [1.29, 1.82) is 0 Å². The van der Waals surface area contributed by atoms with Crippen molar-refractivity contribution < 1.29 is 9.53 Å². The lowest BCUT2D eigenvalue weighted by molar-refractivity contribution is -0.156. The van der Waals surface area contributed by atoms with Crippen LogP contribution in [-0.4, -0.2) is 19.4 Å². The molecular formula is C8H15BO2. The van der Waals surface area contributed by atoms with Crippen LogP contribution in [0, 0.1) is 0 Å². The summed E-state index contributed by atoms with van der Waals surface area (Å²) in [5, 5.41) is 0. The monoisotopic (exact) mass is 154 g/mol. The van der Waals surface area contributed by atoms with Crippen LogP contribution in [0.5, 0.6) is 0 Å². The maximum Gasteiger partial charge on any atom is 0.305 e. The molecule has 0 aliphatic rings. The molecule has 0 amide bonds. The van der Waals surface area contributed by atoms with E-state index in [2.05, 4.69) is 0 Å². The quantitative estimate of drug-likeness (QED) is 0.455. The minimum Gasteiger partial charge on any atom is -0.460 e. The van der Waals surface area contributed by atoms with Crippen LogP contribution in [0.4, 0.5) is 0 Å². The molecule has 62 valence electrons. The van der Waals surface area contributed by atoms with Crippen LogP contribution in [0.25, 0.3) is 0 Å². The summed E-state index contributed by atoms with van der Waals surface area (Å²) in [4.78, 5) is 10.9. The summed E-state index contributed by atoms with van der Waals surface area (Å²) in [6, 6.07) is 0. The molecule has 0 aliphatic carbocycles. The normalized spacial score (nSPS) is 11.2. The van der Waals surface area contributed by atoms with Gasteiger partial charge in [0.05, 0.1) is 7.85 Å². The zero-order valence-electron chi connectivity index (χ0n) is 7.52. The van der Waals surface area contributed by atoms with Crippen molar-refractivity contribution >= 4 is 13.8 Å². The number of hydrogen-bond acceptors (Lipinski definition) is 2. The summed E-state index contributed by atoms with van der Waals surface area (Å²) in [6.45, 7) is 5.76. The molecule has 0 aromatic heterocycles. The van der Waals surface area contributed by atoms with Gasteiger partial charge in [-0.2, -0.15) is 0 Å². The second kappa shape index (κ2) is 4.42. The van der Waals surface area contributed by atoms with Crippen molar-refractivity contribution in [3.8, 4) is 0 Å². The van der Waals surface area contributed by atoms with Crippen LogP contribution in [0.1, 0.15) is 33.6 Å². The third kappa shape index (κ3) is 4.88. The molecule has 0 aliphatic heterocycles. The number of esters is 1. The lowest BCUT2D eigenvalue weighted by Gasteiger charge is -2.23. The molecule has 0 fully saturated rings. The fourth-order valence-corrected chi connectivity index (χ4v) is 0.549. The van der Waals surface area contributed by atoms with Crippen LogP contribution in [0.15, 0.2) is 0 Å².